The number of carbonyl (C=O) groups excluding carboxylic acids is 1. The third-order valence-corrected chi connectivity index (χ3v) is 8.92. The van der Waals surface area contributed by atoms with Crippen molar-refractivity contribution in [2.75, 3.05) is 27.8 Å². The molecule has 0 spiro atoms. The Labute approximate surface area is 230 Å². The molecule has 38 heavy (non-hydrogen) atoms. The topological polar surface area (TPSA) is 78.7 Å². The molecule has 2 aliphatic carbocycles. The zero-order chi connectivity index (χ0) is 26.4. The number of aromatic nitrogens is 3. The lowest BCUT2D eigenvalue weighted by Gasteiger charge is -2.56. The van der Waals surface area contributed by atoms with Crippen LogP contribution in [-0.4, -0.2) is 59.5 Å². The van der Waals surface area contributed by atoms with Gasteiger partial charge in [-0.25, -0.2) is 4.68 Å². The van der Waals surface area contributed by atoms with Crippen LogP contribution < -0.4 is 9.47 Å². The summed E-state index contributed by atoms with van der Waals surface area (Å²) in [6.45, 7) is 1.80. The number of methoxy groups -OCH3 is 2. The van der Waals surface area contributed by atoms with E-state index in [2.05, 4.69) is 62.5 Å². The zero-order valence-electron chi connectivity index (χ0n) is 21.8. The van der Waals surface area contributed by atoms with E-state index < -0.39 is 0 Å². The maximum Gasteiger partial charge on any atom is 0.197 e. The molecule has 6 rings (SSSR count). The highest BCUT2D eigenvalue weighted by molar-refractivity contribution is 9.10. The molecule has 2 bridgehead atoms. The molecule has 0 radical (unpaired) electrons. The van der Waals surface area contributed by atoms with E-state index in [0.29, 0.717) is 36.3 Å². The number of Topliss-reactive ketones (excluding diaryl/α,β-unsaturated/α-hetero) is 1. The smallest absolute Gasteiger partial charge is 0.197 e. The van der Waals surface area contributed by atoms with Crippen LogP contribution >= 0.6 is 15.9 Å². The lowest BCUT2D eigenvalue weighted by atomic mass is 9.53. The second-order valence-corrected chi connectivity index (χ2v) is 11.4. The summed E-state index contributed by atoms with van der Waals surface area (Å²) in [6.07, 6.45) is 6.12. The van der Waals surface area contributed by atoms with Crippen molar-refractivity contribution in [2.24, 2.45) is 5.92 Å². The van der Waals surface area contributed by atoms with Crippen LogP contribution in [-0.2, 0) is 34.5 Å². The summed E-state index contributed by atoms with van der Waals surface area (Å²) in [5.41, 5.74) is 3.83. The number of ketones is 1. The Morgan fingerprint density at radius 2 is 1.95 bits per heavy atom. The number of carbonyl (C=O) groups is 1. The Balaban J connectivity index is 1.33. The Morgan fingerprint density at radius 3 is 2.71 bits per heavy atom. The summed E-state index contributed by atoms with van der Waals surface area (Å²) in [7, 11) is 5.42. The first kappa shape index (κ1) is 25.1. The largest absolute Gasteiger partial charge is 0.493 e. The zero-order valence-corrected chi connectivity index (χ0v) is 23.4. The van der Waals surface area contributed by atoms with E-state index in [9.17, 15) is 4.79 Å². The minimum absolute atomic E-state index is 0.0459. The van der Waals surface area contributed by atoms with Crippen LogP contribution in [0.25, 0.3) is 0 Å². The Bertz CT molecular complexity index is 1400. The van der Waals surface area contributed by atoms with Crippen molar-refractivity contribution < 1.29 is 19.0 Å². The average molecular weight is 579 g/mol. The second-order valence-electron chi connectivity index (χ2n) is 10.5. The molecular formula is C29H31BrN4O4. The highest BCUT2D eigenvalue weighted by Crippen LogP contribution is 2.58. The third-order valence-electron chi connectivity index (χ3n) is 8.39. The number of fused-ring (bicyclic) bond motifs is 1. The Hall–Kier alpha value is -3.17. The molecule has 1 aliphatic heterocycles. The van der Waals surface area contributed by atoms with Crippen molar-refractivity contribution in [1.29, 1.82) is 0 Å². The number of nitrogens with zero attached hydrogens (tertiary/aromatic N) is 4. The highest BCUT2D eigenvalue weighted by Gasteiger charge is 2.56. The molecule has 9 heteroatoms. The van der Waals surface area contributed by atoms with Gasteiger partial charge in [0.05, 0.1) is 27.0 Å². The van der Waals surface area contributed by atoms with E-state index in [-0.39, 0.29) is 23.7 Å². The SMILES string of the molecule is COC1=C[C@@H]2[C@@H]3Cc4ccc(OC)c(OCc5cn(Cc6ccc(Br)cc6)nn5)c4[C@]2(CCN3C)CC1=O. The maximum absolute atomic E-state index is 13.2. The summed E-state index contributed by atoms with van der Waals surface area (Å²) in [6, 6.07) is 12.6. The number of allylic oxidation sites excluding steroid dienone is 1. The van der Waals surface area contributed by atoms with E-state index in [1.165, 1.54) is 5.56 Å². The molecule has 1 aromatic heterocycles. The molecule has 2 aromatic carbocycles. The van der Waals surface area contributed by atoms with Gasteiger partial charge in [0.15, 0.2) is 23.0 Å². The minimum atomic E-state index is -0.354. The van der Waals surface area contributed by atoms with Crippen LogP contribution in [0.5, 0.6) is 11.5 Å². The molecule has 3 atom stereocenters. The van der Waals surface area contributed by atoms with Gasteiger partial charge < -0.3 is 19.1 Å². The molecule has 2 heterocycles. The van der Waals surface area contributed by atoms with Crippen LogP contribution in [0.4, 0.5) is 0 Å². The number of likely N-dealkylation sites (tertiary alicyclic amines) is 1. The van der Waals surface area contributed by atoms with Gasteiger partial charge in [-0.3, -0.25) is 4.79 Å². The number of likely N-dealkylation sites (N-methyl/N-ethyl adjacent to an activating group) is 1. The molecule has 1 fully saturated rings. The van der Waals surface area contributed by atoms with Crippen LogP contribution in [0.2, 0.25) is 0 Å². The first-order chi connectivity index (χ1) is 18.4. The molecule has 0 N–H and O–H groups in total. The Kier molecular flexibility index (Phi) is 6.52. The number of rotatable bonds is 7. The van der Waals surface area contributed by atoms with E-state index in [1.807, 2.05) is 29.1 Å². The lowest BCUT2D eigenvalue weighted by molar-refractivity contribution is -0.122. The van der Waals surface area contributed by atoms with Gasteiger partial charge in [0.2, 0.25) is 0 Å². The van der Waals surface area contributed by atoms with Crippen molar-refractivity contribution in [3.8, 4) is 11.5 Å². The number of benzene rings is 2. The summed E-state index contributed by atoms with van der Waals surface area (Å²) in [4.78, 5) is 15.6. The van der Waals surface area contributed by atoms with Crippen molar-refractivity contribution in [3.63, 3.8) is 0 Å². The summed E-state index contributed by atoms with van der Waals surface area (Å²) in [5, 5.41) is 8.65. The fourth-order valence-electron chi connectivity index (χ4n) is 6.56. The van der Waals surface area contributed by atoms with Gasteiger partial charge in [-0.2, -0.15) is 0 Å². The van der Waals surface area contributed by atoms with Crippen molar-refractivity contribution in [1.82, 2.24) is 19.9 Å². The molecule has 198 valence electrons. The minimum Gasteiger partial charge on any atom is -0.493 e. The molecule has 0 amide bonds. The van der Waals surface area contributed by atoms with Gasteiger partial charge in [0, 0.05) is 33.8 Å². The third kappa shape index (κ3) is 4.22. The van der Waals surface area contributed by atoms with Gasteiger partial charge in [-0.05, 0) is 61.8 Å². The van der Waals surface area contributed by atoms with Crippen LogP contribution in [0.15, 0.2) is 58.9 Å². The van der Waals surface area contributed by atoms with Crippen LogP contribution in [0, 0.1) is 5.92 Å². The Morgan fingerprint density at radius 1 is 1.13 bits per heavy atom. The number of hydrogen-bond acceptors (Lipinski definition) is 7. The molecule has 0 unspecified atom stereocenters. The maximum atomic E-state index is 13.2. The molecule has 3 aromatic rings. The first-order valence-electron chi connectivity index (χ1n) is 12.9. The molecule has 0 saturated carbocycles. The fourth-order valence-corrected chi connectivity index (χ4v) is 6.82. The van der Waals surface area contributed by atoms with Gasteiger partial charge in [0.1, 0.15) is 12.3 Å². The summed E-state index contributed by atoms with van der Waals surface area (Å²) >= 11 is 3.47. The van der Waals surface area contributed by atoms with Crippen molar-refractivity contribution >= 4 is 21.7 Å². The molecular weight excluding hydrogens is 548 g/mol. The van der Waals surface area contributed by atoms with Gasteiger partial charge in [-0.15, -0.1) is 5.10 Å². The first-order valence-corrected chi connectivity index (χ1v) is 13.7. The van der Waals surface area contributed by atoms with E-state index in [0.717, 1.165) is 40.7 Å². The fraction of sp³-hybridized carbons (Fsp3) is 0.414. The number of ether oxygens (including phenoxy) is 3. The van der Waals surface area contributed by atoms with E-state index in [4.69, 9.17) is 14.2 Å². The number of halogens is 1. The summed E-state index contributed by atoms with van der Waals surface area (Å²) < 4.78 is 20.7. The van der Waals surface area contributed by atoms with Gasteiger partial charge in [-0.1, -0.05) is 39.3 Å². The second kappa shape index (κ2) is 9.85. The average Bonchev–Trinajstić information content (AvgIpc) is 3.37. The standard InChI is InChI=1S/C29H31BrN4O4/c1-33-11-10-29-14-24(35)26(37-3)13-22(29)23(33)12-19-6-9-25(36-2)28(27(19)29)38-17-21-16-34(32-31-21)15-18-4-7-20(30)8-5-18/h4-9,13,16,22-23H,10-12,14-15,17H2,1-3H3/t22-,23+,29-/m1/s1. The van der Waals surface area contributed by atoms with Crippen molar-refractivity contribution in [2.45, 2.75) is 43.9 Å². The highest BCUT2D eigenvalue weighted by atomic mass is 79.9. The van der Waals surface area contributed by atoms with Gasteiger partial charge >= 0.3 is 0 Å². The van der Waals surface area contributed by atoms with Crippen molar-refractivity contribution in [3.05, 3.63) is 81.3 Å². The van der Waals surface area contributed by atoms with E-state index in [1.54, 1.807) is 14.2 Å². The predicted molar refractivity (Wildman–Crippen MR) is 145 cm³/mol. The quantitative estimate of drug-likeness (QED) is 0.413. The van der Waals surface area contributed by atoms with Crippen LogP contribution in [0.3, 0.4) is 0 Å². The monoisotopic (exact) mass is 578 g/mol. The lowest BCUT2D eigenvalue weighted by Crippen LogP contribution is -2.60. The molecule has 3 aliphatic rings. The van der Waals surface area contributed by atoms with E-state index >= 15 is 0 Å². The molecule has 8 nitrogen and oxygen atoms in total. The number of piperidine rings is 1. The molecule has 1 saturated heterocycles. The van der Waals surface area contributed by atoms with Crippen LogP contribution in [0.1, 0.15) is 35.2 Å². The summed E-state index contributed by atoms with van der Waals surface area (Å²) in [5.74, 6) is 2.06. The predicted octanol–water partition coefficient (Wildman–Crippen LogP) is 4.29. The van der Waals surface area contributed by atoms with Gasteiger partial charge in [0.25, 0.3) is 0 Å². The normalized spacial score (nSPS) is 24.3. The number of hydrogen-bond donors (Lipinski definition) is 0.